The number of fused-ring (bicyclic) bond motifs is 1. The van der Waals surface area contributed by atoms with Gasteiger partial charge in [0.05, 0.1) is 15.4 Å². The van der Waals surface area contributed by atoms with E-state index in [1.807, 2.05) is 16.9 Å². The van der Waals surface area contributed by atoms with Gasteiger partial charge in [-0.1, -0.05) is 18.2 Å². The lowest BCUT2D eigenvalue weighted by atomic mass is 10.0. The molecule has 0 spiro atoms. The average molecular weight is 551 g/mol. The Hall–Kier alpha value is -4.42. The Morgan fingerprint density at radius 1 is 1.05 bits per heavy atom. The number of nitro benzene ring substituents is 1. The molecule has 0 atom stereocenters. The Morgan fingerprint density at radius 3 is 2.62 bits per heavy atom. The number of carbonyl (C=O) groups excluding carboxylic acids is 1. The second kappa shape index (κ2) is 11.1. The number of amides is 1. The van der Waals surface area contributed by atoms with E-state index in [-0.39, 0.29) is 17.0 Å². The van der Waals surface area contributed by atoms with Gasteiger partial charge < -0.3 is 19.8 Å². The number of nitro groups is 1. The molecule has 0 bridgehead atoms. The molecule has 1 aliphatic heterocycles. The van der Waals surface area contributed by atoms with Crippen molar-refractivity contribution >= 4 is 38.2 Å². The first-order chi connectivity index (χ1) is 18.8. The number of H-pyrrole nitrogens is 1. The highest BCUT2D eigenvalue weighted by atomic mass is 32.2. The van der Waals surface area contributed by atoms with Crippen molar-refractivity contribution in [1.82, 2.24) is 9.71 Å². The largest absolute Gasteiger partial charge is 0.456 e. The van der Waals surface area contributed by atoms with Crippen LogP contribution in [0.25, 0.3) is 10.9 Å². The molecule has 1 aromatic heterocycles. The molecule has 1 amide bonds. The van der Waals surface area contributed by atoms with Gasteiger partial charge in [-0.25, -0.2) is 13.1 Å². The van der Waals surface area contributed by atoms with E-state index in [0.717, 1.165) is 29.8 Å². The maximum Gasteiger partial charge on any atom is 0.293 e. The first-order valence-electron chi connectivity index (χ1n) is 12.3. The highest BCUT2D eigenvalue weighted by molar-refractivity contribution is 7.90. The Labute approximate surface area is 224 Å². The van der Waals surface area contributed by atoms with Crippen LogP contribution < -0.4 is 14.8 Å². The lowest BCUT2D eigenvalue weighted by Crippen LogP contribution is -2.31. The molecule has 4 aromatic rings. The number of aromatic amines is 1. The molecule has 1 fully saturated rings. The summed E-state index contributed by atoms with van der Waals surface area (Å²) in [6.07, 6.45) is 3.43. The van der Waals surface area contributed by atoms with Crippen LogP contribution in [0, 0.1) is 16.0 Å². The van der Waals surface area contributed by atoms with Gasteiger partial charge in [-0.15, -0.1) is 0 Å². The summed E-state index contributed by atoms with van der Waals surface area (Å²) in [5, 5.41) is 15.6. The van der Waals surface area contributed by atoms with Crippen LogP contribution >= 0.6 is 0 Å². The normalized spacial score (nSPS) is 14.2. The maximum atomic E-state index is 13.1. The summed E-state index contributed by atoms with van der Waals surface area (Å²) in [4.78, 5) is 26.8. The quantitative estimate of drug-likeness (QED) is 0.198. The molecule has 5 rings (SSSR count). The number of rotatable bonds is 9. The molecule has 1 saturated heterocycles. The van der Waals surface area contributed by atoms with E-state index in [1.54, 1.807) is 36.5 Å². The second-order valence-corrected chi connectivity index (χ2v) is 10.8. The van der Waals surface area contributed by atoms with Crippen molar-refractivity contribution < 1.29 is 27.6 Å². The van der Waals surface area contributed by atoms with E-state index < -0.39 is 31.4 Å². The first-order valence-corrected chi connectivity index (χ1v) is 13.8. The van der Waals surface area contributed by atoms with Gasteiger partial charge in [-0.2, -0.15) is 0 Å². The average Bonchev–Trinajstić information content (AvgIpc) is 3.42. The van der Waals surface area contributed by atoms with Crippen molar-refractivity contribution in [3.63, 3.8) is 0 Å². The number of anilines is 1. The Morgan fingerprint density at radius 2 is 1.82 bits per heavy atom. The Balaban J connectivity index is 1.35. The predicted octanol–water partition coefficient (Wildman–Crippen LogP) is 4.83. The molecule has 11 nitrogen and oxygen atoms in total. The van der Waals surface area contributed by atoms with E-state index in [4.69, 9.17) is 9.47 Å². The molecule has 12 heteroatoms. The molecule has 1 aliphatic rings. The Kier molecular flexibility index (Phi) is 7.48. The minimum absolute atomic E-state index is 0.0159. The van der Waals surface area contributed by atoms with Gasteiger partial charge in [-0.05, 0) is 61.2 Å². The van der Waals surface area contributed by atoms with Crippen LogP contribution in [0.5, 0.6) is 11.5 Å². The van der Waals surface area contributed by atoms with Crippen molar-refractivity contribution in [1.29, 1.82) is 0 Å². The van der Waals surface area contributed by atoms with Gasteiger partial charge >= 0.3 is 0 Å². The summed E-state index contributed by atoms with van der Waals surface area (Å²) in [7, 11) is -4.44. The SMILES string of the molecule is O=C(NS(=O)(=O)c1ccc(NCC2CCOCC2)c([N+](=O)[O-])c1)c1ccccc1Oc1cccc2[nH]ccc12. The molecule has 3 aromatic carbocycles. The zero-order valence-corrected chi connectivity index (χ0v) is 21.6. The number of benzene rings is 3. The van der Waals surface area contributed by atoms with Gasteiger partial charge in [-0.3, -0.25) is 14.9 Å². The summed E-state index contributed by atoms with van der Waals surface area (Å²) in [5.41, 5.74) is 0.623. The van der Waals surface area contributed by atoms with Crippen LogP contribution in [0.2, 0.25) is 0 Å². The number of ether oxygens (including phenoxy) is 2. The van der Waals surface area contributed by atoms with Crippen LogP contribution in [0.4, 0.5) is 11.4 Å². The number of nitrogens with one attached hydrogen (secondary N) is 3. The monoisotopic (exact) mass is 550 g/mol. The molecular weight excluding hydrogens is 524 g/mol. The lowest BCUT2D eigenvalue weighted by Gasteiger charge is -2.22. The zero-order valence-electron chi connectivity index (χ0n) is 20.8. The number of aromatic nitrogens is 1. The number of hydrogen-bond donors (Lipinski definition) is 3. The summed E-state index contributed by atoms with van der Waals surface area (Å²) in [6, 6.07) is 17.0. The molecular formula is C27H26N4O7S. The second-order valence-electron chi connectivity index (χ2n) is 9.10. The topological polar surface area (TPSA) is 153 Å². The smallest absolute Gasteiger partial charge is 0.293 e. The predicted molar refractivity (Wildman–Crippen MR) is 145 cm³/mol. The third-order valence-corrected chi connectivity index (χ3v) is 7.86. The van der Waals surface area contributed by atoms with Crippen molar-refractivity contribution in [3.8, 4) is 11.5 Å². The van der Waals surface area contributed by atoms with Gasteiger partial charge in [0.15, 0.2) is 0 Å². The van der Waals surface area contributed by atoms with Crippen molar-refractivity contribution in [2.45, 2.75) is 17.7 Å². The molecule has 202 valence electrons. The van der Waals surface area contributed by atoms with Crippen LogP contribution in [0.15, 0.2) is 77.8 Å². The lowest BCUT2D eigenvalue weighted by molar-refractivity contribution is -0.384. The molecule has 0 aliphatic carbocycles. The fraction of sp³-hybridized carbons (Fsp3) is 0.222. The number of carbonyl (C=O) groups is 1. The number of nitrogens with zero attached hydrogens (tertiary/aromatic N) is 1. The van der Waals surface area contributed by atoms with Crippen LogP contribution in [0.1, 0.15) is 23.2 Å². The number of sulfonamides is 1. The molecule has 0 radical (unpaired) electrons. The molecule has 39 heavy (non-hydrogen) atoms. The highest BCUT2D eigenvalue weighted by Crippen LogP contribution is 2.32. The van der Waals surface area contributed by atoms with E-state index in [1.165, 1.54) is 18.2 Å². The maximum absolute atomic E-state index is 13.1. The molecule has 3 N–H and O–H groups in total. The number of para-hydroxylation sites is 1. The molecule has 2 heterocycles. The van der Waals surface area contributed by atoms with Crippen molar-refractivity contribution in [3.05, 3.63) is 88.6 Å². The summed E-state index contributed by atoms with van der Waals surface area (Å²) in [6.45, 7) is 1.78. The van der Waals surface area contributed by atoms with Gasteiger partial charge in [0.25, 0.3) is 21.6 Å². The zero-order chi connectivity index (χ0) is 27.4. The van der Waals surface area contributed by atoms with E-state index >= 15 is 0 Å². The van der Waals surface area contributed by atoms with Crippen molar-refractivity contribution in [2.75, 3.05) is 25.1 Å². The van der Waals surface area contributed by atoms with Crippen LogP contribution in [0.3, 0.4) is 0 Å². The van der Waals surface area contributed by atoms with Gasteiger partial charge in [0.1, 0.15) is 17.2 Å². The standard InChI is InChI=1S/C27H26N4O7S/c32-27(21-4-1-2-6-26(21)38-25-7-3-5-22-20(25)10-13-28-22)30-39(35,36)19-8-9-23(24(16-19)31(33)34)29-17-18-11-14-37-15-12-18/h1-10,13,16,18,28-29H,11-12,14-15,17H2,(H,30,32). The summed E-state index contributed by atoms with van der Waals surface area (Å²) >= 11 is 0. The van der Waals surface area contributed by atoms with Crippen molar-refractivity contribution in [2.24, 2.45) is 5.92 Å². The minimum Gasteiger partial charge on any atom is -0.456 e. The summed E-state index contributed by atoms with van der Waals surface area (Å²) in [5.74, 6) is -0.00218. The third-order valence-electron chi connectivity index (χ3n) is 6.53. The van der Waals surface area contributed by atoms with Crippen LogP contribution in [-0.2, 0) is 14.8 Å². The third kappa shape index (κ3) is 5.86. The fourth-order valence-corrected chi connectivity index (χ4v) is 5.41. The minimum atomic E-state index is -4.44. The molecule has 0 saturated carbocycles. The molecule has 0 unspecified atom stereocenters. The van der Waals surface area contributed by atoms with Gasteiger partial charge in [0, 0.05) is 42.9 Å². The number of hydrogen-bond acceptors (Lipinski definition) is 8. The summed E-state index contributed by atoms with van der Waals surface area (Å²) < 4.78 is 39.5. The van der Waals surface area contributed by atoms with E-state index in [9.17, 15) is 23.3 Å². The van der Waals surface area contributed by atoms with E-state index in [2.05, 4.69) is 10.3 Å². The Bertz CT molecular complexity index is 1630. The fourth-order valence-electron chi connectivity index (χ4n) is 4.43. The highest BCUT2D eigenvalue weighted by Gasteiger charge is 2.26. The van der Waals surface area contributed by atoms with Crippen LogP contribution in [-0.4, -0.2) is 44.0 Å². The van der Waals surface area contributed by atoms with E-state index in [0.29, 0.717) is 31.4 Å². The van der Waals surface area contributed by atoms with Gasteiger partial charge in [0.2, 0.25) is 0 Å². The first kappa shape index (κ1) is 26.2.